The van der Waals surface area contributed by atoms with Gasteiger partial charge >= 0.3 is 0 Å². The summed E-state index contributed by atoms with van der Waals surface area (Å²) in [5.74, 6) is 0.261. The van der Waals surface area contributed by atoms with Crippen molar-refractivity contribution in [1.82, 2.24) is 20.8 Å². The van der Waals surface area contributed by atoms with E-state index in [0.717, 1.165) is 24.2 Å². The summed E-state index contributed by atoms with van der Waals surface area (Å²) in [7, 11) is -0.958. The molecule has 1 aromatic heterocycles. The van der Waals surface area contributed by atoms with Gasteiger partial charge in [-0.1, -0.05) is 0 Å². The van der Waals surface area contributed by atoms with Crippen molar-refractivity contribution >= 4 is 16.7 Å². The van der Waals surface area contributed by atoms with Gasteiger partial charge in [0, 0.05) is 58.6 Å². The standard InChI is InChI=1S/C13H22N4O2S/c1-13(2,3)20(19)7-6-15-12(18)11-9-8-14-5-4-10(9)16-17-11/h14H,4-8H2,1-3H3,(H,15,18)(H,16,17). The highest BCUT2D eigenvalue weighted by Gasteiger charge is 2.22. The Bertz CT molecular complexity index is 519. The van der Waals surface area contributed by atoms with E-state index in [-0.39, 0.29) is 10.7 Å². The monoisotopic (exact) mass is 298 g/mol. The molecule has 6 nitrogen and oxygen atoms in total. The maximum Gasteiger partial charge on any atom is 0.272 e. The van der Waals surface area contributed by atoms with Gasteiger partial charge in [0.15, 0.2) is 5.69 Å². The molecule has 2 rings (SSSR count). The first-order valence-electron chi connectivity index (χ1n) is 6.83. The third kappa shape index (κ3) is 3.46. The molecule has 7 heteroatoms. The van der Waals surface area contributed by atoms with E-state index in [4.69, 9.17) is 0 Å². The third-order valence-electron chi connectivity index (χ3n) is 3.28. The molecular weight excluding hydrogens is 276 g/mol. The van der Waals surface area contributed by atoms with Crippen LogP contribution in [-0.4, -0.2) is 43.9 Å². The van der Waals surface area contributed by atoms with Crippen LogP contribution in [0.3, 0.4) is 0 Å². The summed E-state index contributed by atoms with van der Waals surface area (Å²) in [6.07, 6.45) is 0.865. The number of fused-ring (bicyclic) bond motifs is 1. The summed E-state index contributed by atoms with van der Waals surface area (Å²) < 4.78 is 11.6. The second-order valence-corrected chi connectivity index (χ2v) is 8.20. The Balaban J connectivity index is 1.90. The van der Waals surface area contributed by atoms with E-state index in [1.807, 2.05) is 20.8 Å². The zero-order chi connectivity index (χ0) is 14.8. The molecule has 20 heavy (non-hydrogen) atoms. The molecule has 1 atom stereocenters. The highest BCUT2D eigenvalue weighted by molar-refractivity contribution is 7.86. The van der Waals surface area contributed by atoms with Gasteiger partial charge in [-0.15, -0.1) is 0 Å². The van der Waals surface area contributed by atoms with E-state index in [2.05, 4.69) is 20.8 Å². The van der Waals surface area contributed by atoms with Crippen LogP contribution >= 0.6 is 0 Å². The molecule has 112 valence electrons. The number of H-pyrrole nitrogens is 1. The van der Waals surface area contributed by atoms with Gasteiger partial charge in [-0.25, -0.2) is 0 Å². The fourth-order valence-corrected chi connectivity index (χ4v) is 2.96. The van der Waals surface area contributed by atoms with Gasteiger partial charge < -0.3 is 10.6 Å². The maximum atomic E-state index is 12.1. The lowest BCUT2D eigenvalue weighted by Crippen LogP contribution is -2.33. The zero-order valence-corrected chi connectivity index (χ0v) is 13.0. The van der Waals surface area contributed by atoms with Crippen LogP contribution in [0.2, 0.25) is 0 Å². The summed E-state index contributed by atoms with van der Waals surface area (Å²) >= 11 is 0. The van der Waals surface area contributed by atoms with Crippen LogP contribution < -0.4 is 10.6 Å². The predicted octanol–water partition coefficient (Wildman–Crippen LogP) is 0.332. The molecule has 0 radical (unpaired) electrons. The van der Waals surface area contributed by atoms with Crippen LogP contribution in [-0.2, 0) is 23.8 Å². The first kappa shape index (κ1) is 15.2. The smallest absolute Gasteiger partial charge is 0.272 e. The number of carbonyl (C=O) groups is 1. The van der Waals surface area contributed by atoms with Gasteiger partial charge in [0.05, 0.1) is 0 Å². The first-order chi connectivity index (χ1) is 9.39. The number of aromatic amines is 1. The topological polar surface area (TPSA) is 86.9 Å². The average molecular weight is 298 g/mol. The van der Waals surface area contributed by atoms with Crippen molar-refractivity contribution in [3.63, 3.8) is 0 Å². The van der Waals surface area contributed by atoms with Crippen molar-refractivity contribution < 1.29 is 9.00 Å². The Hall–Kier alpha value is -1.21. The molecule has 1 aliphatic rings. The minimum absolute atomic E-state index is 0.197. The van der Waals surface area contributed by atoms with Gasteiger partial charge in [-0.2, -0.15) is 5.10 Å². The molecule has 0 bridgehead atoms. The minimum atomic E-state index is -0.958. The molecule has 0 saturated heterocycles. The van der Waals surface area contributed by atoms with Crippen LogP contribution in [0.25, 0.3) is 0 Å². The molecule has 1 aliphatic heterocycles. The van der Waals surface area contributed by atoms with Crippen molar-refractivity contribution in [2.24, 2.45) is 0 Å². The van der Waals surface area contributed by atoms with Crippen LogP contribution in [0, 0.1) is 0 Å². The van der Waals surface area contributed by atoms with Gasteiger partial charge in [-0.05, 0) is 20.8 Å². The number of nitrogens with zero attached hydrogens (tertiary/aromatic N) is 1. The number of nitrogens with one attached hydrogen (secondary N) is 3. The Morgan fingerprint density at radius 2 is 2.20 bits per heavy atom. The van der Waals surface area contributed by atoms with E-state index in [1.54, 1.807) is 0 Å². The lowest BCUT2D eigenvalue weighted by molar-refractivity contribution is 0.0950. The average Bonchev–Trinajstić information content (AvgIpc) is 2.81. The third-order valence-corrected chi connectivity index (χ3v) is 5.22. The normalized spacial score (nSPS) is 16.6. The van der Waals surface area contributed by atoms with E-state index in [1.165, 1.54) is 0 Å². The highest BCUT2D eigenvalue weighted by atomic mass is 32.2. The molecule has 2 heterocycles. The number of amides is 1. The Morgan fingerprint density at radius 1 is 1.45 bits per heavy atom. The molecule has 0 saturated carbocycles. The van der Waals surface area contributed by atoms with Crippen molar-refractivity contribution in [3.05, 3.63) is 17.0 Å². The second kappa shape index (κ2) is 6.05. The minimum Gasteiger partial charge on any atom is -0.350 e. The number of aromatic nitrogens is 2. The highest BCUT2D eigenvalue weighted by Crippen LogP contribution is 2.15. The van der Waals surface area contributed by atoms with E-state index in [0.29, 0.717) is 24.5 Å². The summed E-state index contributed by atoms with van der Waals surface area (Å²) in [5.41, 5.74) is 2.44. The molecule has 1 amide bonds. The van der Waals surface area contributed by atoms with Crippen molar-refractivity contribution in [3.8, 4) is 0 Å². The Morgan fingerprint density at radius 3 is 2.90 bits per heavy atom. The summed E-state index contributed by atoms with van der Waals surface area (Å²) in [5, 5.41) is 13.0. The maximum absolute atomic E-state index is 12.1. The van der Waals surface area contributed by atoms with Crippen LogP contribution in [0.5, 0.6) is 0 Å². The fourth-order valence-electron chi connectivity index (χ4n) is 2.06. The largest absolute Gasteiger partial charge is 0.350 e. The molecule has 3 N–H and O–H groups in total. The Kier molecular flexibility index (Phi) is 4.59. The number of hydrogen-bond donors (Lipinski definition) is 3. The fraction of sp³-hybridized carbons (Fsp3) is 0.692. The van der Waals surface area contributed by atoms with Crippen molar-refractivity contribution in [1.29, 1.82) is 0 Å². The van der Waals surface area contributed by atoms with Gasteiger partial charge in [0.2, 0.25) is 0 Å². The van der Waals surface area contributed by atoms with E-state index in [9.17, 15) is 9.00 Å². The molecule has 0 aliphatic carbocycles. The van der Waals surface area contributed by atoms with Crippen molar-refractivity contribution in [2.75, 3.05) is 18.8 Å². The van der Waals surface area contributed by atoms with E-state index < -0.39 is 10.8 Å². The second-order valence-electron chi connectivity index (χ2n) is 5.87. The summed E-state index contributed by atoms with van der Waals surface area (Å²) in [4.78, 5) is 12.1. The van der Waals surface area contributed by atoms with Crippen LogP contribution in [0.4, 0.5) is 0 Å². The molecule has 0 spiro atoms. The number of hydrogen-bond acceptors (Lipinski definition) is 4. The van der Waals surface area contributed by atoms with Gasteiger partial charge in [0.25, 0.3) is 5.91 Å². The summed E-state index contributed by atoms with van der Waals surface area (Å²) in [6, 6.07) is 0. The molecule has 1 aromatic rings. The molecule has 0 fully saturated rings. The predicted molar refractivity (Wildman–Crippen MR) is 79.1 cm³/mol. The number of carbonyl (C=O) groups excluding carboxylic acids is 1. The lowest BCUT2D eigenvalue weighted by atomic mass is 10.1. The van der Waals surface area contributed by atoms with Crippen molar-refractivity contribution in [2.45, 2.75) is 38.5 Å². The quantitative estimate of drug-likeness (QED) is 0.748. The van der Waals surface area contributed by atoms with Gasteiger partial charge in [0.1, 0.15) is 0 Å². The lowest BCUT2D eigenvalue weighted by Gasteiger charge is -2.17. The van der Waals surface area contributed by atoms with Crippen LogP contribution in [0.15, 0.2) is 0 Å². The van der Waals surface area contributed by atoms with E-state index >= 15 is 0 Å². The molecule has 0 aromatic carbocycles. The van der Waals surface area contributed by atoms with Crippen LogP contribution in [0.1, 0.15) is 42.5 Å². The SMILES string of the molecule is CC(C)(C)S(=O)CCNC(=O)c1n[nH]c2c1CNCC2. The summed E-state index contributed by atoms with van der Waals surface area (Å²) in [6.45, 7) is 7.77. The zero-order valence-electron chi connectivity index (χ0n) is 12.2. The Labute approximate surface area is 121 Å². The van der Waals surface area contributed by atoms with Gasteiger partial charge in [-0.3, -0.25) is 14.1 Å². The molecule has 1 unspecified atom stereocenters. The first-order valence-corrected chi connectivity index (χ1v) is 8.15. The molecular formula is C13H22N4O2S. The number of rotatable bonds is 4.